The van der Waals surface area contributed by atoms with E-state index in [0.717, 1.165) is 26.0 Å². The second-order valence-electron chi connectivity index (χ2n) is 6.17. The number of likely N-dealkylation sites (N-methyl/N-ethyl adjacent to an activating group) is 1. The third kappa shape index (κ3) is 3.48. The summed E-state index contributed by atoms with van der Waals surface area (Å²) in [6.07, 6.45) is 7.07. The molecule has 1 heterocycles. The highest BCUT2D eigenvalue weighted by molar-refractivity contribution is 5.81. The first-order valence-electron chi connectivity index (χ1n) is 7.71. The van der Waals surface area contributed by atoms with Gasteiger partial charge in [0, 0.05) is 26.2 Å². The fraction of sp³-hybridized carbons (Fsp3) is 0.933. The first-order valence-corrected chi connectivity index (χ1v) is 7.71. The summed E-state index contributed by atoms with van der Waals surface area (Å²) in [5.74, 6) is 0.189. The van der Waals surface area contributed by atoms with E-state index in [1.165, 1.54) is 25.7 Å². The molecule has 4 nitrogen and oxygen atoms in total. The van der Waals surface area contributed by atoms with Gasteiger partial charge >= 0.3 is 0 Å². The van der Waals surface area contributed by atoms with Gasteiger partial charge in [0.25, 0.3) is 0 Å². The third-order valence-corrected chi connectivity index (χ3v) is 4.71. The predicted molar refractivity (Wildman–Crippen MR) is 76.1 cm³/mol. The van der Waals surface area contributed by atoms with Crippen molar-refractivity contribution in [3.63, 3.8) is 0 Å². The van der Waals surface area contributed by atoms with Crippen molar-refractivity contribution in [1.82, 2.24) is 10.2 Å². The zero-order valence-electron chi connectivity index (χ0n) is 12.6. The van der Waals surface area contributed by atoms with Crippen molar-refractivity contribution < 1.29 is 9.53 Å². The van der Waals surface area contributed by atoms with Crippen LogP contribution in [0.15, 0.2) is 0 Å². The van der Waals surface area contributed by atoms with Crippen molar-refractivity contribution in [2.75, 3.05) is 20.2 Å². The quantitative estimate of drug-likeness (QED) is 0.847. The number of rotatable bonds is 4. The fourth-order valence-electron chi connectivity index (χ4n) is 3.45. The average Bonchev–Trinajstić information content (AvgIpc) is 2.84. The molecule has 1 saturated carbocycles. The maximum Gasteiger partial charge on any atom is 0.239 e. The summed E-state index contributed by atoms with van der Waals surface area (Å²) < 4.78 is 6.03. The number of carbonyl (C=O) groups excluding carboxylic acids is 1. The Morgan fingerprint density at radius 2 is 2.16 bits per heavy atom. The van der Waals surface area contributed by atoms with Gasteiger partial charge in [-0.15, -0.1) is 0 Å². The minimum atomic E-state index is -0.0912. The Morgan fingerprint density at radius 1 is 1.47 bits per heavy atom. The van der Waals surface area contributed by atoms with E-state index in [1.807, 2.05) is 20.9 Å². The lowest BCUT2D eigenvalue weighted by Crippen LogP contribution is -2.52. The molecule has 4 heteroatoms. The van der Waals surface area contributed by atoms with Gasteiger partial charge in [0.15, 0.2) is 0 Å². The molecule has 1 aliphatic heterocycles. The number of hydrogen-bond donors (Lipinski definition) is 1. The van der Waals surface area contributed by atoms with E-state index >= 15 is 0 Å². The summed E-state index contributed by atoms with van der Waals surface area (Å²) >= 11 is 0. The standard InChI is InChI=1S/C15H28N2O2/c1-4-17(3)14(18)12(2)16-13-7-10-19-15(11-13)8-5-6-9-15/h12-13,16H,4-11H2,1-3H3. The number of amides is 1. The Kier molecular flexibility index (Phi) is 4.85. The Labute approximate surface area is 116 Å². The van der Waals surface area contributed by atoms with Crippen LogP contribution in [0.25, 0.3) is 0 Å². The molecule has 0 aromatic rings. The fourth-order valence-corrected chi connectivity index (χ4v) is 3.45. The van der Waals surface area contributed by atoms with Gasteiger partial charge in [-0.25, -0.2) is 0 Å². The van der Waals surface area contributed by atoms with E-state index in [1.54, 1.807) is 4.90 Å². The van der Waals surface area contributed by atoms with E-state index in [0.29, 0.717) is 6.04 Å². The molecule has 2 unspecified atom stereocenters. The van der Waals surface area contributed by atoms with E-state index in [4.69, 9.17) is 4.74 Å². The highest BCUT2D eigenvalue weighted by atomic mass is 16.5. The molecule has 19 heavy (non-hydrogen) atoms. The second-order valence-corrected chi connectivity index (χ2v) is 6.17. The van der Waals surface area contributed by atoms with Crippen LogP contribution in [0.1, 0.15) is 52.4 Å². The van der Waals surface area contributed by atoms with Gasteiger partial charge in [-0.3, -0.25) is 4.79 Å². The van der Waals surface area contributed by atoms with Crippen LogP contribution in [0, 0.1) is 0 Å². The number of nitrogens with one attached hydrogen (secondary N) is 1. The molecule has 1 aliphatic carbocycles. The molecule has 110 valence electrons. The van der Waals surface area contributed by atoms with Gasteiger partial charge < -0.3 is 15.0 Å². The largest absolute Gasteiger partial charge is 0.375 e. The predicted octanol–water partition coefficient (Wildman–Crippen LogP) is 1.93. The van der Waals surface area contributed by atoms with Crippen LogP contribution < -0.4 is 5.32 Å². The van der Waals surface area contributed by atoms with Gasteiger partial charge in [0.1, 0.15) is 0 Å². The molecule has 0 radical (unpaired) electrons. The molecule has 1 spiro atoms. The lowest BCUT2D eigenvalue weighted by molar-refractivity contribution is -0.132. The molecule has 2 aliphatic rings. The van der Waals surface area contributed by atoms with Crippen molar-refractivity contribution in [2.24, 2.45) is 0 Å². The van der Waals surface area contributed by atoms with Gasteiger partial charge in [-0.1, -0.05) is 12.8 Å². The molecule has 1 N–H and O–H groups in total. The maximum absolute atomic E-state index is 12.1. The van der Waals surface area contributed by atoms with Crippen LogP contribution in [0.3, 0.4) is 0 Å². The molecule has 2 atom stereocenters. The second kappa shape index (κ2) is 6.23. The summed E-state index contributed by atoms with van der Waals surface area (Å²) in [5, 5.41) is 3.51. The molecule has 1 saturated heterocycles. The highest BCUT2D eigenvalue weighted by Gasteiger charge is 2.40. The molecule has 1 amide bonds. The average molecular weight is 268 g/mol. The van der Waals surface area contributed by atoms with Gasteiger partial charge in [-0.2, -0.15) is 0 Å². The van der Waals surface area contributed by atoms with Crippen molar-refractivity contribution >= 4 is 5.91 Å². The van der Waals surface area contributed by atoms with Crippen LogP contribution in [0.4, 0.5) is 0 Å². The molecular weight excluding hydrogens is 240 g/mol. The molecular formula is C15H28N2O2. The normalized spacial score (nSPS) is 27.4. The number of carbonyl (C=O) groups is 1. The molecule has 0 aromatic carbocycles. The van der Waals surface area contributed by atoms with Gasteiger partial charge in [0.2, 0.25) is 5.91 Å². The van der Waals surface area contributed by atoms with E-state index in [9.17, 15) is 4.79 Å². The molecule has 0 bridgehead atoms. The van der Waals surface area contributed by atoms with Crippen molar-refractivity contribution in [1.29, 1.82) is 0 Å². The minimum absolute atomic E-state index is 0.0912. The van der Waals surface area contributed by atoms with Crippen molar-refractivity contribution in [3.8, 4) is 0 Å². The number of hydrogen-bond acceptors (Lipinski definition) is 3. The summed E-state index contributed by atoms with van der Waals surface area (Å²) in [7, 11) is 1.86. The van der Waals surface area contributed by atoms with Crippen LogP contribution in [-0.4, -0.2) is 48.7 Å². The van der Waals surface area contributed by atoms with Crippen molar-refractivity contribution in [3.05, 3.63) is 0 Å². The van der Waals surface area contributed by atoms with E-state index in [2.05, 4.69) is 5.32 Å². The lowest BCUT2D eigenvalue weighted by atomic mass is 9.88. The smallest absolute Gasteiger partial charge is 0.239 e. The van der Waals surface area contributed by atoms with E-state index in [-0.39, 0.29) is 17.6 Å². The summed E-state index contributed by atoms with van der Waals surface area (Å²) in [6, 6.07) is 0.336. The summed E-state index contributed by atoms with van der Waals surface area (Å²) in [6.45, 7) is 5.59. The van der Waals surface area contributed by atoms with Crippen LogP contribution >= 0.6 is 0 Å². The Bertz CT molecular complexity index is 313. The van der Waals surface area contributed by atoms with Crippen LogP contribution in [0.5, 0.6) is 0 Å². The van der Waals surface area contributed by atoms with Gasteiger partial charge in [0.05, 0.1) is 11.6 Å². The number of nitrogens with zero attached hydrogens (tertiary/aromatic N) is 1. The first kappa shape index (κ1) is 14.8. The Hall–Kier alpha value is -0.610. The summed E-state index contributed by atoms with van der Waals surface area (Å²) in [4.78, 5) is 13.9. The molecule has 2 rings (SSSR count). The first-order chi connectivity index (χ1) is 9.06. The van der Waals surface area contributed by atoms with Gasteiger partial charge in [-0.05, 0) is 39.5 Å². The summed E-state index contributed by atoms with van der Waals surface area (Å²) in [5.41, 5.74) is 0.120. The SMILES string of the molecule is CCN(C)C(=O)C(C)NC1CCOC2(CCCC2)C1. The monoisotopic (exact) mass is 268 g/mol. The molecule has 0 aromatic heterocycles. The van der Waals surface area contributed by atoms with Crippen LogP contribution in [0.2, 0.25) is 0 Å². The minimum Gasteiger partial charge on any atom is -0.375 e. The highest BCUT2D eigenvalue weighted by Crippen LogP contribution is 2.40. The maximum atomic E-state index is 12.1. The van der Waals surface area contributed by atoms with Crippen LogP contribution in [-0.2, 0) is 9.53 Å². The lowest BCUT2D eigenvalue weighted by Gasteiger charge is -2.39. The van der Waals surface area contributed by atoms with Crippen molar-refractivity contribution in [2.45, 2.75) is 70.1 Å². The third-order valence-electron chi connectivity index (χ3n) is 4.71. The zero-order valence-corrected chi connectivity index (χ0v) is 12.6. The van der Waals surface area contributed by atoms with E-state index < -0.39 is 0 Å². The number of ether oxygens (including phenoxy) is 1. The molecule has 2 fully saturated rings. The Morgan fingerprint density at radius 3 is 2.79 bits per heavy atom. The topological polar surface area (TPSA) is 41.6 Å². The Balaban J connectivity index is 1.86. The zero-order chi connectivity index (χ0) is 13.9.